The van der Waals surface area contributed by atoms with Crippen molar-refractivity contribution in [2.75, 3.05) is 32.7 Å². The molecule has 1 amide bonds. The SMILES string of the molecule is C[C@H](C(=O)N1CCc2ccccc2C1)[NH+]1CCN(S(=O)(=O)Cc2ccccc2)CC1. The average molecular weight is 429 g/mol. The van der Waals surface area contributed by atoms with Gasteiger partial charge in [-0.1, -0.05) is 54.6 Å². The fraction of sp³-hybridized carbons (Fsp3) is 0.435. The predicted octanol–water partition coefficient (Wildman–Crippen LogP) is 0.690. The molecule has 1 saturated heterocycles. The molecule has 2 aromatic carbocycles. The summed E-state index contributed by atoms with van der Waals surface area (Å²) in [7, 11) is -3.34. The van der Waals surface area contributed by atoms with E-state index in [2.05, 4.69) is 18.2 Å². The van der Waals surface area contributed by atoms with E-state index in [0.29, 0.717) is 32.7 Å². The minimum Gasteiger partial charge on any atom is -0.333 e. The minimum atomic E-state index is -3.34. The molecule has 1 fully saturated rings. The van der Waals surface area contributed by atoms with Crippen LogP contribution in [0.3, 0.4) is 0 Å². The van der Waals surface area contributed by atoms with Gasteiger partial charge in [-0.25, -0.2) is 8.42 Å². The molecule has 1 atom stereocenters. The highest BCUT2D eigenvalue weighted by molar-refractivity contribution is 7.88. The number of nitrogens with zero attached hydrogens (tertiary/aromatic N) is 2. The van der Waals surface area contributed by atoms with Crippen LogP contribution in [0.5, 0.6) is 0 Å². The zero-order chi connectivity index (χ0) is 21.1. The fourth-order valence-corrected chi connectivity index (χ4v) is 6.03. The lowest BCUT2D eigenvalue weighted by Gasteiger charge is -2.37. The average Bonchev–Trinajstić information content (AvgIpc) is 2.78. The summed E-state index contributed by atoms with van der Waals surface area (Å²) in [6, 6.07) is 17.5. The Kier molecular flexibility index (Phi) is 6.22. The number of hydrogen-bond donors (Lipinski definition) is 1. The van der Waals surface area contributed by atoms with Gasteiger partial charge in [0.2, 0.25) is 10.0 Å². The van der Waals surface area contributed by atoms with Crippen molar-refractivity contribution >= 4 is 15.9 Å². The number of sulfonamides is 1. The highest BCUT2D eigenvalue weighted by Crippen LogP contribution is 2.19. The van der Waals surface area contributed by atoms with Crippen LogP contribution in [0.4, 0.5) is 0 Å². The van der Waals surface area contributed by atoms with Gasteiger partial charge in [0.25, 0.3) is 5.91 Å². The molecule has 0 unspecified atom stereocenters. The lowest BCUT2D eigenvalue weighted by Crippen LogP contribution is -3.19. The first-order chi connectivity index (χ1) is 14.4. The van der Waals surface area contributed by atoms with Crippen LogP contribution in [0.15, 0.2) is 54.6 Å². The lowest BCUT2D eigenvalue weighted by atomic mass is 9.99. The number of fused-ring (bicyclic) bond motifs is 1. The van der Waals surface area contributed by atoms with Gasteiger partial charge in [0.1, 0.15) is 0 Å². The van der Waals surface area contributed by atoms with Crippen molar-refractivity contribution in [1.29, 1.82) is 0 Å². The molecule has 0 aromatic heterocycles. The molecule has 1 N–H and O–H groups in total. The van der Waals surface area contributed by atoms with Crippen LogP contribution in [0.1, 0.15) is 23.6 Å². The Labute approximate surface area is 179 Å². The number of piperazine rings is 1. The van der Waals surface area contributed by atoms with E-state index in [9.17, 15) is 13.2 Å². The topological polar surface area (TPSA) is 62.1 Å². The number of carbonyl (C=O) groups is 1. The number of benzene rings is 2. The number of rotatable bonds is 5. The Morgan fingerprint density at radius 3 is 2.30 bits per heavy atom. The van der Waals surface area contributed by atoms with Crippen molar-refractivity contribution in [3.63, 3.8) is 0 Å². The Morgan fingerprint density at radius 1 is 0.967 bits per heavy atom. The molecule has 0 saturated carbocycles. The van der Waals surface area contributed by atoms with Crippen molar-refractivity contribution in [1.82, 2.24) is 9.21 Å². The zero-order valence-corrected chi connectivity index (χ0v) is 18.3. The Bertz CT molecular complexity index is 986. The van der Waals surface area contributed by atoms with E-state index in [1.165, 1.54) is 16.0 Å². The molecule has 0 bridgehead atoms. The normalized spacial score (nSPS) is 19.3. The van der Waals surface area contributed by atoms with Crippen LogP contribution in [0.25, 0.3) is 0 Å². The quantitative estimate of drug-likeness (QED) is 0.762. The van der Waals surface area contributed by atoms with E-state index in [-0.39, 0.29) is 17.7 Å². The maximum Gasteiger partial charge on any atom is 0.280 e. The molecule has 0 spiro atoms. The van der Waals surface area contributed by atoms with E-state index in [1.807, 2.05) is 48.2 Å². The van der Waals surface area contributed by atoms with E-state index < -0.39 is 10.0 Å². The largest absolute Gasteiger partial charge is 0.333 e. The molecule has 2 aliphatic heterocycles. The van der Waals surface area contributed by atoms with Gasteiger partial charge in [-0.05, 0) is 30.0 Å². The molecule has 4 rings (SSSR count). The van der Waals surface area contributed by atoms with E-state index in [1.54, 1.807) is 4.31 Å². The summed E-state index contributed by atoms with van der Waals surface area (Å²) in [5.74, 6) is 0.199. The molecule has 2 aromatic rings. The van der Waals surface area contributed by atoms with Gasteiger partial charge in [0.15, 0.2) is 6.04 Å². The van der Waals surface area contributed by atoms with Crippen molar-refractivity contribution in [3.05, 3.63) is 71.3 Å². The van der Waals surface area contributed by atoms with E-state index in [4.69, 9.17) is 0 Å². The number of nitrogens with one attached hydrogen (secondary N) is 1. The van der Waals surface area contributed by atoms with Gasteiger partial charge in [0, 0.05) is 13.1 Å². The zero-order valence-electron chi connectivity index (χ0n) is 17.5. The summed E-state index contributed by atoms with van der Waals surface area (Å²) >= 11 is 0. The van der Waals surface area contributed by atoms with Gasteiger partial charge in [-0.15, -0.1) is 0 Å². The van der Waals surface area contributed by atoms with Crippen molar-refractivity contribution in [2.45, 2.75) is 31.7 Å². The highest BCUT2D eigenvalue weighted by Gasteiger charge is 2.36. The van der Waals surface area contributed by atoms with Crippen LogP contribution < -0.4 is 4.90 Å². The second-order valence-electron chi connectivity index (χ2n) is 8.30. The summed E-state index contributed by atoms with van der Waals surface area (Å²) in [5.41, 5.74) is 3.37. The molecular weight excluding hydrogens is 398 g/mol. The van der Waals surface area contributed by atoms with Gasteiger partial charge >= 0.3 is 0 Å². The first-order valence-corrected chi connectivity index (χ1v) is 12.3. The van der Waals surface area contributed by atoms with Gasteiger partial charge in [-0.3, -0.25) is 4.79 Å². The maximum atomic E-state index is 13.1. The molecule has 2 heterocycles. The summed E-state index contributed by atoms with van der Waals surface area (Å²) in [6.45, 7) is 5.65. The van der Waals surface area contributed by atoms with Crippen LogP contribution in [0, 0.1) is 0 Å². The standard InChI is InChI=1S/C23H29N3O3S/c1-19(23(27)25-12-11-21-9-5-6-10-22(21)17-25)24-13-15-26(16-14-24)30(28,29)18-20-7-3-2-4-8-20/h2-10,19H,11-18H2,1H3/p+1/t19-/m1/s1. The number of hydrogen-bond acceptors (Lipinski definition) is 3. The van der Waals surface area contributed by atoms with Crippen molar-refractivity contribution in [2.24, 2.45) is 0 Å². The van der Waals surface area contributed by atoms with Crippen LogP contribution >= 0.6 is 0 Å². The second-order valence-corrected chi connectivity index (χ2v) is 10.3. The Morgan fingerprint density at radius 2 is 1.60 bits per heavy atom. The molecule has 2 aliphatic rings. The monoisotopic (exact) mass is 428 g/mol. The lowest BCUT2D eigenvalue weighted by molar-refractivity contribution is -0.918. The molecule has 7 heteroatoms. The molecule has 0 radical (unpaired) electrons. The molecular formula is C23H30N3O3S+. The third-order valence-electron chi connectivity index (χ3n) is 6.38. The van der Waals surface area contributed by atoms with Crippen molar-refractivity contribution in [3.8, 4) is 0 Å². The third-order valence-corrected chi connectivity index (χ3v) is 8.23. The molecule has 30 heavy (non-hydrogen) atoms. The first kappa shape index (κ1) is 21.0. The number of quaternary nitrogens is 1. The summed E-state index contributed by atoms with van der Waals surface area (Å²) in [5, 5.41) is 0. The molecule has 6 nitrogen and oxygen atoms in total. The fourth-order valence-electron chi connectivity index (χ4n) is 4.49. The Balaban J connectivity index is 1.33. The predicted molar refractivity (Wildman–Crippen MR) is 116 cm³/mol. The van der Waals surface area contributed by atoms with Crippen molar-refractivity contribution < 1.29 is 18.1 Å². The van der Waals surface area contributed by atoms with Gasteiger partial charge < -0.3 is 9.80 Å². The second kappa shape index (κ2) is 8.88. The summed E-state index contributed by atoms with van der Waals surface area (Å²) < 4.78 is 27.1. The first-order valence-electron chi connectivity index (χ1n) is 10.7. The summed E-state index contributed by atoms with van der Waals surface area (Å²) in [4.78, 5) is 16.2. The van der Waals surface area contributed by atoms with Gasteiger partial charge in [0.05, 0.1) is 31.9 Å². The number of carbonyl (C=O) groups excluding carboxylic acids is 1. The molecule has 0 aliphatic carbocycles. The van der Waals surface area contributed by atoms with Crippen LogP contribution in [-0.2, 0) is 33.5 Å². The highest BCUT2D eigenvalue weighted by atomic mass is 32.2. The minimum absolute atomic E-state index is 0.0326. The van der Waals surface area contributed by atoms with Crippen LogP contribution in [-0.4, -0.2) is 62.3 Å². The van der Waals surface area contributed by atoms with Gasteiger partial charge in [-0.2, -0.15) is 4.31 Å². The maximum absolute atomic E-state index is 13.1. The smallest absolute Gasteiger partial charge is 0.280 e. The van der Waals surface area contributed by atoms with Crippen LogP contribution in [0.2, 0.25) is 0 Å². The summed E-state index contributed by atoms with van der Waals surface area (Å²) in [6.07, 6.45) is 0.898. The molecule has 160 valence electrons. The number of amides is 1. The van der Waals surface area contributed by atoms with E-state index in [0.717, 1.165) is 18.5 Å². The third kappa shape index (κ3) is 4.58. The van der Waals surface area contributed by atoms with E-state index >= 15 is 0 Å². The Hall–Kier alpha value is -2.22.